The molecule has 3 heteroatoms. The van der Waals surface area contributed by atoms with Crippen LogP contribution in [0.3, 0.4) is 0 Å². The molecule has 0 spiro atoms. The van der Waals surface area contributed by atoms with Crippen LogP contribution in [0.15, 0.2) is 0 Å². The molecule has 1 aliphatic heterocycles. The molecule has 1 saturated carbocycles. The Morgan fingerprint density at radius 1 is 1.18 bits per heavy atom. The number of ketones is 1. The molecule has 17 heavy (non-hydrogen) atoms. The van der Waals surface area contributed by atoms with Crippen molar-refractivity contribution in [2.75, 3.05) is 20.3 Å². The van der Waals surface area contributed by atoms with Gasteiger partial charge in [-0.25, -0.2) is 0 Å². The maximum absolute atomic E-state index is 12.6. The van der Waals surface area contributed by atoms with Crippen molar-refractivity contribution in [3.8, 4) is 0 Å². The van der Waals surface area contributed by atoms with E-state index in [-0.39, 0.29) is 5.92 Å². The van der Waals surface area contributed by atoms with E-state index in [0.717, 1.165) is 31.6 Å². The molecule has 2 aliphatic rings. The Morgan fingerprint density at radius 2 is 1.76 bits per heavy atom. The van der Waals surface area contributed by atoms with Gasteiger partial charge in [-0.2, -0.15) is 0 Å². The van der Waals surface area contributed by atoms with E-state index in [1.54, 1.807) is 7.11 Å². The van der Waals surface area contributed by atoms with Gasteiger partial charge in [0.05, 0.1) is 0 Å². The van der Waals surface area contributed by atoms with Crippen LogP contribution in [0, 0.1) is 11.8 Å². The molecule has 0 radical (unpaired) electrons. The highest BCUT2D eigenvalue weighted by atomic mass is 16.5. The molecule has 0 amide bonds. The van der Waals surface area contributed by atoms with Crippen LogP contribution in [0.5, 0.6) is 0 Å². The van der Waals surface area contributed by atoms with E-state index >= 15 is 0 Å². The fourth-order valence-electron chi connectivity index (χ4n) is 3.15. The van der Waals surface area contributed by atoms with Crippen LogP contribution >= 0.6 is 0 Å². The monoisotopic (exact) mass is 240 g/mol. The minimum atomic E-state index is -0.538. The largest absolute Gasteiger partial charge is 0.381 e. The number of carbonyl (C=O) groups is 1. The maximum atomic E-state index is 12.6. The van der Waals surface area contributed by atoms with Crippen LogP contribution in [0.1, 0.15) is 45.4 Å². The zero-order valence-electron chi connectivity index (χ0n) is 11.0. The normalized spacial score (nSPS) is 33.3. The lowest BCUT2D eigenvalue weighted by atomic mass is 9.74. The molecule has 0 aromatic carbocycles. The molecule has 2 rings (SSSR count). The summed E-state index contributed by atoms with van der Waals surface area (Å²) in [7, 11) is 1.68. The van der Waals surface area contributed by atoms with Crippen LogP contribution in [0.25, 0.3) is 0 Å². The summed E-state index contributed by atoms with van der Waals surface area (Å²) in [5, 5.41) is 0. The average Bonchev–Trinajstić information content (AvgIpc) is 2.39. The summed E-state index contributed by atoms with van der Waals surface area (Å²) in [4.78, 5) is 12.6. The molecule has 1 saturated heterocycles. The summed E-state index contributed by atoms with van der Waals surface area (Å²) in [5.74, 6) is 1.35. The smallest absolute Gasteiger partial charge is 0.167 e. The van der Waals surface area contributed by atoms with Gasteiger partial charge in [-0.05, 0) is 18.8 Å². The highest BCUT2D eigenvalue weighted by Gasteiger charge is 2.43. The van der Waals surface area contributed by atoms with Gasteiger partial charge < -0.3 is 9.47 Å². The summed E-state index contributed by atoms with van der Waals surface area (Å²) in [6, 6.07) is 0. The van der Waals surface area contributed by atoms with Crippen molar-refractivity contribution in [2.45, 2.75) is 51.0 Å². The minimum Gasteiger partial charge on any atom is -0.381 e. The van der Waals surface area contributed by atoms with Crippen molar-refractivity contribution >= 4 is 5.78 Å². The molecule has 0 N–H and O–H groups in total. The zero-order chi connectivity index (χ0) is 12.3. The highest BCUT2D eigenvalue weighted by molar-refractivity contribution is 5.89. The molecule has 0 aromatic heterocycles. The van der Waals surface area contributed by atoms with Crippen LogP contribution in [-0.4, -0.2) is 31.7 Å². The fourth-order valence-corrected chi connectivity index (χ4v) is 3.15. The fraction of sp³-hybridized carbons (Fsp3) is 0.929. The lowest BCUT2D eigenvalue weighted by Gasteiger charge is -2.38. The Bertz CT molecular complexity index is 261. The SMILES string of the molecule is COC1(C(=O)C2CCC(C)CC2)CCOCC1. The van der Waals surface area contributed by atoms with Crippen LogP contribution in [0.4, 0.5) is 0 Å². The van der Waals surface area contributed by atoms with E-state index in [1.807, 2.05) is 0 Å². The van der Waals surface area contributed by atoms with E-state index in [2.05, 4.69) is 6.92 Å². The first-order valence-electron chi connectivity index (χ1n) is 6.85. The molecule has 1 heterocycles. The Balaban J connectivity index is 2.01. The first kappa shape index (κ1) is 13.0. The zero-order valence-corrected chi connectivity index (χ0v) is 11.0. The predicted octanol–water partition coefficient (Wildman–Crippen LogP) is 2.58. The van der Waals surface area contributed by atoms with E-state index in [1.165, 1.54) is 12.8 Å². The van der Waals surface area contributed by atoms with Gasteiger partial charge in [0.15, 0.2) is 5.78 Å². The first-order chi connectivity index (χ1) is 8.18. The van der Waals surface area contributed by atoms with Gasteiger partial charge in [-0.3, -0.25) is 4.79 Å². The topological polar surface area (TPSA) is 35.5 Å². The number of hydrogen-bond acceptors (Lipinski definition) is 3. The Morgan fingerprint density at radius 3 is 2.29 bits per heavy atom. The third kappa shape index (κ3) is 2.71. The van der Waals surface area contributed by atoms with E-state index in [0.29, 0.717) is 19.0 Å². The second kappa shape index (κ2) is 5.49. The number of Topliss-reactive ketones (excluding diaryl/α,β-unsaturated/α-hetero) is 1. The standard InChI is InChI=1S/C14H24O3/c1-11-3-5-12(6-4-11)13(15)14(16-2)7-9-17-10-8-14/h11-12H,3-10H2,1-2H3. The van der Waals surface area contributed by atoms with Crippen LogP contribution in [-0.2, 0) is 14.3 Å². The Labute approximate surface area is 104 Å². The van der Waals surface area contributed by atoms with E-state index < -0.39 is 5.60 Å². The second-order valence-corrected chi connectivity index (χ2v) is 5.63. The number of carbonyl (C=O) groups excluding carboxylic acids is 1. The predicted molar refractivity (Wildman–Crippen MR) is 65.9 cm³/mol. The van der Waals surface area contributed by atoms with Crippen LogP contribution < -0.4 is 0 Å². The molecule has 1 aliphatic carbocycles. The summed E-state index contributed by atoms with van der Waals surface area (Å²) in [6.07, 6.45) is 5.93. The average molecular weight is 240 g/mol. The quantitative estimate of drug-likeness (QED) is 0.760. The minimum absolute atomic E-state index is 0.226. The number of hydrogen-bond donors (Lipinski definition) is 0. The van der Waals surface area contributed by atoms with Crippen molar-refractivity contribution in [1.29, 1.82) is 0 Å². The van der Waals surface area contributed by atoms with E-state index in [9.17, 15) is 4.79 Å². The van der Waals surface area contributed by atoms with Gasteiger partial charge in [0.1, 0.15) is 5.60 Å². The summed E-state index contributed by atoms with van der Waals surface area (Å²) >= 11 is 0. The molecule has 2 fully saturated rings. The molecule has 0 unspecified atom stereocenters. The van der Waals surface area contributed by atoms with Gasteiger partial charge in [0.25, 0.3) is 0 Å². The van der Waals surface area contributed by atoms with Crippen molar-refractivity contribution in [2.24, 2.45) is 11.8 Å². The van der Waals surface area contributed by atoms with E-state index in [4.69, 9.17) is 9.47 Å². The van der Waals surface area contributed by atoms with Gasteiger partial charge in [-0.1, -0.05) is 19.8 Å². The molecule has 3 nitrogen and oxygen atoms in total. The highest BCUT2D eigenvalue weighted by Crippen LogP contribution is 2.36. The van der Waals surface area contributed by atoms with Gasteiger partial charge in [-0.15, -0.1) is 0 Å². The summed E-state index contributed by atoms with van der Waals surface area (Å²) in [6.45, 7) is 3.59. The van der Waals surface area contributed by atoms with Crippen molar-refractivity contribution in [3.05, 3.63) is 0 Å². The van der Waals surface area contributed by atoms with Gasteiger partial charge in [0, 0.05) is 39.1 Å². The molecular formula is C14H24O3. The third-order valence-corrected chi connectivity index (χ3v) is 4.53. The Kier molecular flexibility index (Phi) is 4.21. The van der Waals surface area contributed by atoms with Gasteiger partial charge >= 0.3 is 0 Å². The Hall–Kier alpha value is -0.410. The van der Waals surface area contributed by atoms with Crippen molar-refractivity contribution in [1.82, 2.24) is 0 Å². The molecule has 98 valence electrons. The molecule has 0 aromatic rings. The maximum Gasteiger partial charge on any atom is 0.167 e. The van der Waals surface area contributed by atoms with Crippen molar-refractivity contribution in [3.63, 3.8) is 0 Å². The lowest BCUT2D eigenvalue weighted by molar-refractivity contribution is -0.158. The first-order valence-corrected chi connectivity index (χ1v) is 6.85. The lowest BCUT2D eigenvalue weighted by Crippen LogP contribution is -2.49. The second-order valence-electron chi connectivity index (χ2n) is 5.63. The molecule has 0 bridgehead atoms. The number of methoxy groups -OCH3 is 1. The summed E-state index contributed by atoms with van der Waals surface area (Å²) < 4.78 is 10.9. The number of ether oxygens (including phenoxy) is 2. The van der Waals surface area contributed by atoms with Crippen molar-refractivity contribution < 1.29 is 14.3 Å². The van der Waals surface area contributed by atoms with Gasteiger partial charge in [0.2, 0.25) is 0 Å². The molecular weight excluding hydrogens is 216 g/mol. The molecule has 0 atom stereocenters. The van der Waals surface area contributed by atoms with Crippen LogP contribution in [0.2, 0.25) is 0 Å². The third-order valence-electron chi connectivity index (χ3n) is 4.53. The summed E-state index contributed by atoms with van der Waals surface area (Å²) in [5.41, 5.74) is -0.538. The number of rotatable bonds is 3.